The van der Waals surface area contributed by atoms with Crippen molar-refractivity contribution >= 4 is 31.9 Å². The van der Waals surface area contributed by atoms with Gasteiger partial charge in [0.05, 0.1) is 6.20 Å². The number of hydrogen-bond donors (Lipinski definition) is 1. The average Bonchev–Trinajstić information content (AvgIpc) is 3.28. The Hall–Kier alpha value is -0.910. The lowest BCUT2D eigenvalue weighted by atomic mass is 10.1. The van der Waals surface area contributed by atoms with Crippen molar-refractivity contribution in [3.8, 4) is 5.75 Å². The van der Waals surface area contributed by atoms with Gasteiger partial charge in [-0.15, -0.1) is 0 Å². The molecule has 0 atom stereocenters. The van der Waals surface area contributed by atoms with Gasteiger partial charge >= 0.3 is 0 Å². The SMILES string of the molecule is Brc1cncc(OCc2ccc(CNC3CC3)cc2Br)c1. The molecule has 1 fully saturated rings. The molecule has 1 heterocycles. The zero-order valence-electron chi connectivity index (χ0n) is 11.5. The number of ether oxygens (including phenoxy) is 1. The van der Waals surface area contributed by atoms with E-state index in [1.165, 1.54) is 18.4 Å². The van der Waals surface area contributed by atoms with Crippen LogP contribution in [-0.4, -0.2) is 11.0 Å². The number of benzene rings is 1. The van der Waals surface area contributed by atoms with Crippen LogP contribution in [-0.2, 0) is 13.2 Å². The fraction of sp³-hybridized carbons (Fsp3) is 0.312. The van der Waals surface area contributed by atoms with Gasteiger partial charge in [-0.25, -0.2) is 0 Å². The van der Waals surface area contributed by atoms with Crippen molar-refractivity contribution in [2.45, 2.75) is 32.0 Å². The zero-order chi connectivity index (χ0) is 14.7. The Balaban J connectivity index is 1.59. The number of nitrogens with zero attached hydrogens (tertiary/aromatic N) is 1. The van der Waals surface area contributed by atoms with Gasteiger partial charge in [0.15, 0.2) is 0 Å². The third-order valence-electron chi connectivity index (χ3n) is 3.36. The topological polar surface area (TPSA) is 34.1 Å². The molecule has 0 bridgehead atoms. The molecular weight excluding hydrogens is 396 g/mol. The molecule has 5 heteroatoms. The van der Waals surface area contributed by atoms with Crippen LogP contribution in [0, 0.1) is 0 Å². The zero-order valence-corrected chi connectivity index (χ0v) is 14.7. The Labute approximate surface area is 141 Å². The van der Waals surface area contributed by atoms with E-state index in [0.717, 1.165) is 32.8 Å². The van der Waals surface area contributed by atoms with Gasteiger partial charge in [0, 0.05) is 33.3 Å². The lowest BCUT2D eigenvalue weighted by molar-refractivity contribution is 0.304. The third kappa shape index (κ3) is 4.53. The quantitative estimate of drug-likeness (QED) is 0.762. The lowest BCUT2D eigenvalue weighted by Crippen LogP contribution is -2.15. The fourth-order valence-electron chi connectivity index (χ4n) is 2.00. The highest BCUT2D eigenvalue weighted by molar-refractivity contribution is 9.10. The highest BCUT2D eigenvalue weighted by atomic mass is 79.9. The molecule has 1 aliphatic carbocycles. The summed E-state index contributed by atoms with van der Waals surface area (Å²) in [6.45, 7) is 1.45. The molecule has 0 amide bonds. The van der Waals surface area contributed by atoms with Crippen LogP contribution in [0.15, 0.2) is 45.6 Å². The highest BCUT2D eigenvalue weighted by Crippen LogP contribution is 2.23. The van der Waals surface area contributed by atoms with Gasteiger partial charge in [0.1, 0.15) is 12.4 Å². The van der Waals surface area contributed by atoms with E-state index >= 15 is 0 Å². The second-order valence-corrected chi connectivity index (χ2v) is 6.98. The summed E-state index contributed by atoms with van der Waals surface area (Å²) in [5.74, 6) is 0.760. The van der Waals surface area contributed by atoms with E-state index in [9.17, 15) is 0 Å². The summed E-state index contributed by atoms with van der Waals surface area (Å²) in [5, 5.41) is 3.52. The van der Waals surface area contributed by atoms with Crippen LogP contribution in [0.4, 0.5) is 0 Å². The van der Waals surface area contributed by atoms with Crippen molar-refractivity contribution in [1.82, 2.24) is 10.3 Å². The van der Waals surface area contributed by atoms with Crippen LogP contribution in [0.25, 0.3) is 0 Å². The van der Waals surface area contributed by atoms with E-state index in [-0.39, 0.29) is 0 Å². The van der Waals surface area contributed by atoms with Crippen molar-refractivity contribution in [3.63, 3.8) is 0 Å². The number of nitrogens with one attached hydrogen (secondary N) is 1. The molecule has 1 saturated carbocycles. The predicted molar refractivity (Wildman–Crippen MR) is 90.3 cm³/mol. The largest absolute Gasteiger partial charge is 0.487 e. The van der Waals surface area contributed by atoms with E-state index in [1.807, 2.05) is 6.07 Å². The number of hydrogen-bond acceptors (Lipinski definition) is 3. The van der Waals surface area contributed by atoms with Gasteiger partial charge in [0.2, 0.25) is 0 Å². The molecule has 2 aromatic rings. The Kier molecular flexibility index (Phi) is 4.93. The Morgan fingerprint density at radius 1 is 1.19 bits per heavy atom. The standard InChI is InChI=1S/C16H16Br2N2O/c17-13-6-15(9-19-8-13)21-10-12-2-1-11(5-16(12)18)7-20-14-3-4-14/h1-2,5-6,8-9,14,20H,3-4,7,10H2. The van der Waals surface area contributed by atoms with E-state index in [0.29, 0.717) is 6.61 Å². The summed E-state index contributed by atoms with van der Waals surface area (Å²) in [6.07, 6.45) is 6.08. The van der Waals surface area contributed by atoms with Gasteiger partial charge in [0.25, 0.3) is 0 Å². The first-order valence-corrected chi connectivity index (χ1v) is 8.53. The molecule has 0 aliphatic heterocycles. The van der Waals surface area contributed by atoms with Crippen LogP contribution in [0.2, 0.25) is 0 Å². The normalized spacial score (nSPS) is 14.2. The summed E-state index contributed by atoms with van der Waals surface area (Å²) in [7, 11) is 0. The minimum absolute atomic E-state index is 0.523. The molecule has 110 valence electrons. The van der Waals surface area contributed by atoms with E-state index in [1.54, 1.807) is 12.4 Å². The molecule has 1 N–H and O–H groups in total. The van der Waals surface area contributed by atoms with Gasteiger partial charge in [-0.1, -0.05) is 28.1 Å². The molecule has 3 nitrogen and oxygen atoms in total. The molecule has 0 saturated heterocycles. The minimum atomic E-state index is 0.523. The molecule has 0 unspecified atom stereocenters. The smallest absolute Gasteiger partial charge is 0.139 e. The van der Waals surface area contributed by atoms with Crippen LogP contribution in [0.5, 0.6) is 5.75 Å². The fourth-order valence-corrected chi connectivity index (χ4v) is 2.88. The van der Waals surface area contributed by atoms with Crippen LogP contribution in [0.1, 0.15) is 24.0 Å². The van der Waals surface area contributed by atoms with Crippen molar-refractivity contribution in [2.75, 3.05) is 0 Å². The van der Waals surface area contributed by atoms with Gasteiger partial charge in [-0.2, -0.15) is 0 Å². The van der Waals surface area contributed by atoms with Crippen molar-refractivity contribution in [2.24, 2.45) is 0 Å². The molecule has 3 rings (SSSR count). The summed E-state index contributed by atoms with van der Waals surface area (Å²) in [4.78, 5) is 4.09. The average molecular weight is 412 g/mol. The molecule has 1 aliphatic rings. The predicted octanol–water partition coefficient (Wildman–Crippen LogP) is 4.44. The second-order valence-electron chi connectivity index (χ2n) is 5.21. The number of halogens is 2. The van der Waals surface area contributed by atoms with Crippen LogP contribution < -0.4 is 10.1 Å². The number of pyridine rings is 1. The summed E-state index contributed by atoms with van der Waals surface area (Å²) < 4.78 is 7.76. The van der Waals surface area contributed by atoms with Crippen molar-refractivity contribution in [1.29, 1.82) is 0 Å². The Bertz CT molecular complexity index is 629. The summed E-state index contributed by atoms with van der Waals surface area (Å²) in [5.41, 5.74) is 2.42. The highest BCUT2D eigenvalue weighted by Gasteiger charge is 2.19. The van der Waals surface area contributed by atoms with Gasteiger partial charge in [-0.05, 0) is 46.5 Å². The molecule has 0 spiro atoms. The monoisotopic (exact) mass is 410 g/mol. The van der Waals surface area contributed by atoms with Crippen LogP contribution >= 0.6 is 31.9 Å². The minimum Gasteiger partial charge on any atom is -0.487 e. The van der Waals surface area contributed by atoms with Gasteiger partial charge in [-0.3, -0.25) is 4.98 Å². The lowest BCUT2D eigenvalue weighted by Gasteiger charge is -2.10. The maximum atomic E-state index is 5.76. The van der Waals surface area contributed by atoms with Gasteiger partial charge < -0.3 is 10.1 Å². The Morgan fingerprint density at radius 3 is 2.76 bits per heavy atom. The van der Waals surface area contributed by atoms with E-state index < -0.39 is 0 Å². The summed E-state index contributed by atoms with van der Waals surface area (Å²) in [6, 6.07) is 9.07. The second kappa shape index (κ2) is 6.90. The van der Waals surface area contributed by atoms with E-state index in [2.05, 4.69) is 60.4 Å². The molecule has 0 radical (unpaired) electrons. The Morgan fingerprint density at radius 2 is 2.05 bits per heavy atom. The van der Waals surface area contributed by atoms with Crippen molar-refractivity contribution in [3.05, 3.63) is 56.7 Å². The third-order valence-corrected chi connectivity index (χ3v) is 4.54. The number of aromatic nitrogens is 1. The van der Waals surface area contributed by atoms with E-state index in [4.69, 9.17) is 4.74 Å². The summed E-state index contributed by atoms with van der Waals surface area (Å²) >= 11 is 7.01. The van der Waals surface area contributed by atoms with Crippen LogP contribution in [0.3, 0.4) is 0 Å². The maximum absolute atomic E-state index is 5.76. The molecule has 1 aromatic heterocycles. The first-order chi connectivity index (χ1) is 10.2. The van der Waals surface area contributed by atoms with Crippen molar-refractivity contribution < 1.29 is 4.74 Å². The first kappa shape index (κ1) is 15.0. The number of rotatable bonds is 6. The molecule has 21 heavy (non-hydrogen) atoms. The molecular formula is C16H16Br2N2O. The maximum Gasteiger partial charge on any atom is 0.139 e. The first-order valence-electron chi connectivity index (χ1n) is 6.95. The molecule has 1 aromatic carbocycles.